The number of aryl methyl sites for hydroxylation is 2. The van der Waals surface area contributed by atoms with E-state index in [4.69, 9.17) is 5.73 Å². The Kier molecular flexibility index (Phi) is 4.26. The zero-order chi connectivity index (χ0) is 16.8. The Balaban J connectivity index is 1.51. The maximum atomic E-state index is 12.6. The van der Waals surface area contributed by atoms with E-state index in [1.165, 1.54) is 16.7 Å². The third-order valence-electron chi connectivity index (χ3n) is 5.73. The van der Waals surface area contributed by atoms with E-state index in [0.717, 1.165) is 32.5 Å². The van der Waals surface area contributed by atoms with Crippen LogP contribution in [-0.2, 0) is 4.79 Å². The van der Waals surface area contributed by atoms with E-state index in [1.807, 2.05) is 0 Å². The lowest BCUT2D eigenvalue weighted by Crippen LogP contribution is -2.52. The van der Waals surface area contributed by atoms with Gasteiger partial charge in [-0.2, -0.15) is 0 Å². The summed E-state index contributed by atoms with van der Waals surface area (Å²) in [4.78, 5) is 14.7. The minimum atomic E-state index is 0.196. The summed E-state index contributed by atoms with van der Waals surface area (Å²) in [5.41, 5.74) is 10.00. The van der Waals surface area contributed by atoms with Crippen LogP contribution in [0, 0.1) is 31.1 Å². The van der Waals surface area contributed by atoms with Crippen LogP contribution in [0.25, 0.3) is 0 Å². The number of rotatable bonds is 5. The number of nitrogens with zero attached hydrogens (tertiary/aromatic N) is 1. The smallest absolute Gasteiger partial charge is 0.226 e. The third-order valence-corrected chi connectivity index (χ3v) is 5.73. The van der Waals surface area contributed by atoms with Gasteiger partial charge in [-0.15, -0.1) is 0 Å². The summed E-state index contributed by atoms with van der Waals surface area (Å²) in [6.45, 7) is 11.3. The number of benzene rings is 1. The standard InChI is InChI=1S/C20H30N2O/c1-13-5-6-16(7-14(13)2)17-8-18(17)19(23)22-10-15(11-22)9-20(3,4)12-21/h5-7,15,17-18H,8-12,21H2,1-4H3/t17-,18+/m0/s1. The Labute approximate surface area is 140 Å². The Bertz CT molecular complexity index is 602. The molecule has 1 heterocycles. The molecule has 126 valence electrons. The van der Waals surface area contributed by atoms with Gasteiger partial charge >= 0.3 is 0 Å². The van der Waals surface area contributed by atoms with Crippen molar-refractivity contribution in [1.82, 2.24) is 4.90 Å². The molecule has 0 unspecified atom stereocenters. The molecule has 1 aromatic rings. The van der Waals surface area contributed by atoms with E-state index in [-0.39, 0.29) is 11.3 Å². The van der Waals surface area contributed by atoms with Gasteiger partial charge in [0.25, 0.3) is 0 Å². The number of likely N-dealkylation sites (tertiary alicyclic amines) is 1. The molecule has 1 amide bonds. The van der Waals surface area contributed by atoms with Gasteiger partial charge in [0, 0.05) is 19.0 Å². The molecule has 23 heavy (non-hydrogen) atoms. The quantitative estimate of drug-likeness (QED) is 0.907. The fourth-order valence-electron chi connectivity index (χ4n) is 3.81. The number of hydrogen-bond acceptors (Lipinski definition) is 2. The largest absolute Gasteiger partial charge is 0.342 e. The van der Waals surface area contributed by atoms with Gasteiger partial charge in [-0.25, -0.2) is 0 Å². The molecule has 1 saturated heterocycles. The minimum absolute atomic E-state index is 0.196. The second-order valence-electron chi connectivity index (χ2n) is 8.47. The maximum absolute atomic E-state index is 12.6. The molecule has 1 saturated carbocycles. The highest BCUT2D eigenvalue weighted by Crippen LogP contribution is 2.49. The molecule has 2 fully saturated rings. The van der Waals surface area contributed by atoms with Crippen LogP contribution >= 0.6 is 0 Å². The lowest BCUT2D eigenvalue weighted by Gasteiger charge is -2.43. The first kappa shape index (κ1) is 16.5. The molecule has 2 aliphatic rings. The molecule has 3 heteroatoms. The van der Waals surface area contributed by atoms with Crippen LogP contribution in [0.1, 0.15) is 49.3 Å². The molecule has 1 aliphatic carbocycles. The van der Waals surface area contributed by atoms with Crippen molar-refractivity contribution < 1.29 is 4.79 Å². The van der Waals surface area contributed by atoms with Crippen LogP contribution in [0.2, 0.25) is 0 Å². The summed E-state index contributed by atoms with van der Waals surface area (Å²) in [6, 6.07) is 6.64. The molecule has 0 aromatic heterocycles. The molecule has 2 N–H and O–H groups in total. The van der Waals surface area contributed by atoms with Gasteiger partial charge in [0.05, 0.1) is 0 Å². The summed E-state index contributed by atoms with van der Waals surface area (Å²) in [5, 5.41) is 0. The molecule has 0 spiro atoms. The van der Waals surface area contributed by atoms with Gasteiger partial charge in [-0.05, 0) is 67.2 Å². The van der Waals surface area contributed by atoms with Crippen LogP contribution in [0.15, 0.2) is 18.2 Å². The maximum Gasteiger partial charge on any atom is 0.226 e. The first-order valence-corrected chi connectivity index (χ1v) is 8.87. The Morgan fingerprint density at radius 3 is 2.57 bits per heavy atom. The first-order chi connectivity index (χ1) is 10.8. The summed E-state index contributed by atoms with van der Waals surface area (Å²) >= 11 is 0. The molecule has 3 rings (SSSR count). The second kappa shape index (κ2) is 5.94. The van der Waals surface area contributed by atoms with E-state index in [2.05, 4.69) is 50.8 Å². The van der Waals surface area contributed by atoms with E-state index >= 15 is 0 Å². The van der Waals surface area contributed by atoms with Crippen molar-refractivity contribution in [3.8, 4) is 0 Å². The van der Waals surface area contributed by atoms with Crippen molar-refractivity contribution in [2.24, 2.45) is 23.0 Å². The molecular formula is C20H30N2O. The van der Waals surface area contributed by atoms with Gasteiger partial charge in [-0.1, -0.05) is 32.0 Å². The summed E-state index contributed by atoms with van der Waals surface area (Å²) in [5.74, 6) is 1.67. The van der Waals surface area contributed by atoms with Gasteiger partial charge in [0.2, 0.25) is 5.91 Å². The van der Waals surface area contributed by atoms with Gasteiger partial charge in [0.1, 0.15) is 0 Å². The lowest BCUT2D eigenvalue weighted by atomic mass is 9.79. The van der Waals surface area contributed by atoms with Crippen molar-refractivity contribution >= 4 is 5.91 Å². The highest BCUT2D eigenvalue weighted by atomic mass is 16.2. The van der Waals surface area contributed by atoms with Crippen LogP contribution in [0.5, 0.6) is 0 Å². The zero-order valence-corrected chi connectivity index (χ0v) is 14.9. The fraction of sp³-hybridized carbons (Fsp3) is 0.650. The average molecular weight is 314 g/mol. The van der Waals surface area contributed by atoms with Crippen molar-refractivity contribution in [3.05, 3.63) is 34.9 Å². The Hall–Kier alpha value is -1.35. The van der Waals surface area contributed by atoms with E-state index in [9.17, 15) is 4.79 Å². The van der Waals surface area contributed by atoms with Crippen LogP contribution in [0.3, 0.4) is 0 Å². The van der Waals surface area contributed by atoms with E-state index < -0.39 is 0 Å². The molecule has 3 nitrogen and oxygen atoms in total. The van der Waals surface area contributed by atoms with Crippen LogP contribution < -0.4 is 5.73 Å². The SMILES string of the molecule is Cc1ccc([C@@H]2C[C@H]2C(=O)N2CC(CC(C)(C)CN)C2)cc1C. The second-order valence-corrected chi connectivity index (χ2v) is 8.47. The normalized spacial score (nSPS) is 24.5. The molecule has 0 radical (unpaired) electrons. The minimum Gasteiger partial charge on any atom is -0.342 e. The predicted molar refractivity (Wildman–Crippen MR) is 94.3 cm³/mol. The number of carbonyl (C=O) groups excluding carboxylic acids is 1. The molecule has 1 aromatic carbocycles. The molecule has 2 atom stereocenters. The van der Waals surface area contributed by atoms with Crippen molar-refractivity contribution in [2.45, 2.75) is 46.5 Å². The van der Waals surface area contributed by atoms with Crippen LogP contribution in [0.4, 0.5) is 0 Å². The van der Waals surface area contributed by atoms with Crippen molar-refractivity contribution in [1.29, 1.82) is 0 Å². The number of amides is 1. The monoisotopic (exact) mass is 314 g/mol. The number of carbonyl (C=O) groups is 1. The summed E-state index contributed by atoms with van der Waals surface area (Å²) in [7, 11) is 0. The van der Waals surface area contributed by atoms with E-state index in [0.29, 0.717) is 17.7 Å². The Morgan fingerprint density at radius 2 is 1.96 bits per heavy atom. The lowest BCUT2D eigenvalue weighted by molar-refractivity contribution is -0.139. The molecular weight excluding hydrogens is 284 g/mol. The highest BCUT2D eigenvalue weighted by Gasteiger charge is 2.48. The van der Waals surface area contributed by atoms with Crippen molar-refractivity contribution in [3.63, 3.8) is 0 Å². The molecule has 0 bridgehead atoms. The van der Waals surface area contributed by atoms with Gasteiger partial charge in [-0.3, -0.25) is 4.79 Å². The zero-order valence-electron chi connectivity index (χ0n) is 14.9. The van der Waals surface area contributed by atoms with E-state index in [1.54, 1.807) is 0 Å². The van der Waals surface area contributed by atoms with Crippen molar-refractivity contribution in [2.75, 3.05) is 19.6 Å². The van der Waals surface area contributed by atoms with Crippen LogP contribution in [-0.4, -0.2) is 30.4 Å². The highest BCUT2D eigenvalue weighted by molar-refractivity contribution is 5.83. The fourth-order valence-corrected chi connectivity index (χ4v) is 3.81. The summed E-state index contributed by atoms with van der Waals surface area (Å²) < 4.78 is 0. The number of nitrogens with two attached hydrogens (primary N) is 1. The average Bonchev–Trinajstić information content (AvgIpc) is 3.25. The van der Waals surface area contributed by atoms with Gasteiger partial charge < -0.3 is 10.6 Å². The molecule has 1 aliphatic heterocycles. The summed E-state index contributed by atoms with van der Waals surface area (Å²) in [6.07, 6.45) is 2.15. The van der Waals surface area contributed by atoms with Gasteiger partial charge in [0.15, 0.2) is 0 Å². The first-order valence-electron chi connectivity index (χ1n) is 8.87. The third kappa shape index (κ3) is 3.45. The topological polar surface area (TPSA) is 46.3 Å². The predicted octanol–water partition coefficient (Wildman–Crippen LogP) is 3.24. The number of hydrogen-bond donors (Lipinski definition) is 1. The Morgan fingerprint density at radius 1 is 1.26 bits per heavy atom.